The number of para-hydroxylation sites is 1. The Morgan fingerprint density at radius 1 is 1.04 bits per heavy atom. The van der Waals surface area contributed by atoms with Crippen molar-refractivity contribution in [3.05, 3.63) is 66.2 Å². The average Bonchev–Trinajstić information content (AvgIpc) is 2.90. The van der Waals surface area contributed by atoms with E-state index in [1.54, 1.807) is 4.90 Å². The summed E-state index contributed by atoms with van der Waals surface area (Å²) in [6.07, 6.45) is 1.20. The molecule has 150 valence electrons. The Hall–Kier alpha value is -2.27. The third kappa shape index (κ3) is 5.38. The first kappa shape index (κ1) is 20.5. The van der Waals surface area contributed by atoms with Crippen molar-refractivity contribution in [2.75, 3.05) is 11.6 Å². The minimum atomic E-state index is -0.896. The largest absolute Gasteiger partial charge is 0.308 e. The fourth-order valence-electron chi connectivity index (χ4n) is 3.98. The van der Waals surface area contributed by atoms with Crippen LogP contribution in [-0.2, 0) is 11.3 Å². The quantitative estimate of drug-likeness (QED) is 0.692. The lowest BCUT2D eigenvalue weighted by Gasteiger charge is -2.37. The number of hydrogen-bond donors (Lipinski definition) is 1. The number of anilines is 1. The number of hydrogen-bond acceptors (Lipinski definition) is 2. The summed E-state index contributed by atoms with van der Waals surface area (Å²) in [5.74, 6) is -0.248. The molecule has 0 heterocycles. The van der Waals surface area contributed by atoms with E-state index in [2.05, 4.69) is 5.32 Å². The molecule has 3 nitrogen and oxygen atoms in total. The van der Waals surface area contributed by atoms with Crippen LogP contribution in [0.4, 0.5) is 14.5 Å². The highest BCUT2D eigenvalue weighted by atomic mass is 19.1. The molecular weight excluding hydrogens is 358 g/mol. The van der Waals surface area contributed by atoms with E-state index in [-0.39, 0.29) is 24.4 Å². The van der Waals surface area contributed by atoms with Crippen molar-refractivity contribution >= 4 is 11.6 Å². The molecule has 1 aliphatic rings. The zero-order valence-corrected chi connectivity index (χ0v) is 16.1. The Morgan fingerprint density at radius 2 is 1.71 bits per heavy atom. The highest BCUT2D eigenvalue weighted by molar-refractivity contribution is 5.94. The smallest absolute Gasteiger partial charge is 0.229 e. The average molecular weight is 386 g/mol. The van der Waals surface area contributed by atoms with Crippen molar-refractivity contribution in [2.45, 2.75) is 56.9 Å². The highest BCUT2D eigenvalue weighted by Crippen LogP contribution is 2.29. The molecule has 3 atom stereocenters. The summed E-state index contributed by atoms with van der Waals surface area (Å²) in [5, 5.41) is 3.48. The molecule has 3 rings (SSSR count). The van der Waals surface area contributed by atoms with Crippen molar-refractivity contribution in [1.29, 1.82) is 0 Å². The number of alkyl halides is 2. The van der Waals surface area contributed by atoms with Gasteiger partial charge in [0, 0.05) is 18.3 Å². The lowest BCUT2D eigenvalue weighted by molar-refractivity contribution is -0.119. The summed E-state index contributed by atoms with van der Waals surface area (Å²) < 4.78 is 27.4. The van der Waals surface area contributed by atoms with Gasteiger partial charge in [0.1, 0.15) is 6.17 Å². The van der Waals surface area contributed by atoms with E-state index in [1.165, 1.54) is 0 Å². The lowest BCUT2D eigenvalue weighted by Crippen LogP contribution is -2.52. The zero-order chi connectivity index (χ0) is 19.8. The van der Waals surface area contributed by atoms with E-state index < -0.39 is 12.8 Å². The molecule has 0 aliphatic heterocycles. The highest BCUT2D eigenvalue weighted by Gasteiger charge is 2.35. The fraction of sp³-hybridized carbons (Fsp3) is 0.435. The molecule has 0 spiro atoms. The van der Waals surface area contributed by atoms with Crippen LogP contribution < -0.4 is 10.2 Å². The normalized spacial score (nSPS) is 22.4. The van der Waals surface area contributed by atoms with E-state index in [1.807, 2.05) is 60.7 Å². The molecule has 1 fully saturated rings. The molecule has 2 aromatic rings. The van der Waals surface area contributed by atoms with Gasteiger partial charge in [0.2, 0.25) is 5.91 Å². The minimum absolute atomic E-state index is 0.157. The van der Waals surface area contributed by atoms with Gasteiger partial charge in [-0.1, -0.05) is 48.5 Å². The van der Waals surface area contributed by atoms with Gasteiger partial charge in [0.05, 0.1) is 19.1 Å². The van der Waals surface area contributed by atoms with Gasteiger partial charge in [0.25, 0.3) is 0 Å². The Morgan fingerprint density at radius 3 is 2.39 bits per heavy atom. The van der Waals surface area contributed by atoms with Crippen molar-refractivity contribution in [1.82, 2.24) is 5.32 Å². The number of carbonyl (C=O) groups excluding carboxylic acids is 1. The predicted octanol–water partition coefficient (Wildman–Crippen LogP) is 4.82. The molecule has 0 radical (unpaired) electrons. The van der Waals surface area contributed by atoms with Crippen LogP contribution in [0.1, 0.15) is 37.7 Å². The number of nitrogens with one attached hydrogen (secondary N) is 1. The van der Waals surface area contributed by atoms with Crippen molar-refractivity contribution < 1.29 is 13.6 Å². The van der Waals surface area contributed by atoms with Crippen LogP contribution in [0.3, 0.4) is 0 Å². The molecule has 1 amide bonds. The maximum absolute atomic E-state index is 14.4. The molecule has 1 saturated carbocycles. The Kier molecular flexibility index (Phi) is 7.54. The molecule has 1 aliphatic carbocycles. The molecular formula is C23H28F2N2O. The third-order valence-corrected chi connectivity index (χ3v) is 5.35. The third-order valence-electron chi connectivity index (χ3n) is 5.35. The second-order valence-corrected chi connectivity index (χ2v) is 7.34. The van der Waals surface area contributed by atoms with E-state index in [4.69, 9.17) is 0 Å². The Labute approximate surface area is 165 Å². The van der Waals surface area contributed by atoms with E-state index >= 15 is 0 Å². The summed E-state index contributed by atoms with van der Waals surface area (Å²) >= 11 is 0. The van der Waals surface area contributed by atoms with Crippen molar-refractivity contribution in [3.63, 3.8) is 0 Å². The second-order valence-electron chi connectivity index (χ2n) is 7.34. The molecule has 1 N–H and O–H groups in total. The van der Waals surface area contributed by atoms with Crippen molar-refractivity contribution in [2.24, 2.45) is 0 Å². The van der Waals surface area contributed by atoms with Gasteiger partial charge in [-0.2, -0.15) is 0 Å². The van der Waals surface area contributed by atoms with Crippen LogP contribution in [0, 0.1) is 0 Å². The number of halogens is 2. The van der Waals surface area contributed by atoms with E-state index in [9.17, 15) is 13.6 Å². The first-order valence-corrected chi connectivity index (χ1v) is 10.0. The Balaban J connectivity index is 1.86. The maximum Gasteiger partial charge on any atom is 0.229 e. The van der Waals surface area contributed by atoms with Gasteiger partial charge in [-0.25, -0.2) is 4.39 Å². The summed E-state index contributed by atoms with van der Waals surface area (Å²) in [6.45, 7) is -0.0859. The second kappa shape index (κ2) is 10.3. The molecule has 0 saturated heterocycles. The van der Waals surface area contributed by atoms with Gasteiger partial charge < -0.3 is 10.2 Å². The van der Waals surface area contributed by atoms with Crippen LogP contribution >= 0.6 is 0 Å². The van der Waals surface area contributed by atoms with Crippen LogP contribution in [0.5, 0.6) is 0 Å². The summed E-state index contributed by atoms with van der Waals surface area (Å²) in [5.41, 5.74) is 1.86. The van der Waals surface area contributed by atoms with Gasteiger partial charge in [0.15, 0.2) is 0 Å². The monoisotopic (exact) mass is 386 g/mol. The molecule has 28 heavy (non-hydrogen) atoms. The minimum Gasteiger partial charge on any atom is -0.308 e. The van der Waals surface area contributed by atoms with Gasteiger partial charge >= 0.3 is 0 Å². The molecule has 3 unspecified atom stereocenters. The number of benzene rings is 2. The fourth-order valence-corrected chi connectivity index (χ4v) is 3.98. The van der Waals surface area contributed by atoms with E-state index in [0.29, 0.717) is 32.2 Å². The van der Waals surface area contributed by atoms with Crippen molar-refractivity contribution in [3.8, 4) is 0 Å². The molecule has 0 bridgehead atoms. The van der Waals surface area contributed by atoms with Crippen LogP contribution in [0.2, 0.25) is 0 Å². The van der Waals surface area contributed by atoms with E-state index in [0.717, 1.165) is 11.3 Å². The van der Waals surface area contributed by atoms with Gasteiger partial charge in [-0.05, 0) is 43.4 Å². The molecule has 0 aromatic heterocycles. The van der Waals surface area contributed by atoms with Gasteiger partial charge in [-0.15, -0.1) is 0 Å². The zero-order valence-electron chi connectivity index (χ0n) is 16.1. The van der Waals surface area contributed by atoms with Gasteiger partial charge in [-0.3, -0.25) is 9.18 Å². The predicted molar refractivity (Wildman–Crippen MR) is 109 cm³/mol. The summed E-state index contributed by atoms with van der Waals surface area (Å²) in [7, 11) is 0. The SMILES string of the molecule is O=C(CCF)N(c1ccccc1)C1CCCC(F)CC1NCc1ccccc1. The molecule has 5 heteroatoms. The number of carbonyl (C=O) groups is 1. The van der Waals surface area contributed by atoms with Crippen LogP contribution in [0.25, 0.3) is 0 Å². The van der Waals surface area contributed by atoms with Crippen LogP contribution in [-0.4, -0.2) is 30.8 Å². The maximum atomic E-state index is 14.4. The number of amides is 1. The summed E-state index contributed by atoms with van der Waals surface area (Å²) in [4.78, 5) is 14.5. The first-order chi connectivity index (χ1) is 13.7. The summed E-state index contributed by atoms with van der Waals surface area (Å²) in [6, 6.07) is 18.9. The number of rotatable bonds is 7. The topological polar surface area (TPSA) is 32.3 Å². The molecule has 2 aromatic carbocycles. The standard InChI is InChI=1S/C23H28F2N2O/c24-15-14-23(28)27(20-11-5-2-6-12-20)22-13-7-10-19(25)16-21(22)26-17-18-8-3-1-4-9-18/h1-6,8-9,11-12,19,21-22,26H,7,10,13-17H2. The number of nitrogens with zero attached hydrogens (tertiary/aromatic N) is 1. The first-order valence-electron chi connectivity index (χ1n) is 10.0. The van der Waals surface area contributed by atoms with Crippen LogP contribution in [0.15, 0.2) is 60.7 Å². The Bertz CT molecular complexity index is 726. The lowest BCUT2D eigenvalue weighted by atomic mass is 9.99.